The van der Waals surface area contributed by atoms with Gasteiger partial charge in [-0.25, -0.2) is 0 Å². The fourth-order valence-corrected chi connectivity index (χ4v) is 2.72. The highest BCUT2D eigenvalue weighted by atomic mass is 14.9. The molecule has 1 N–H and O–H groups in total. The van der Waals surface area contributed by atoms with Crippen LogP contribution in [-0.4, -0.2) is 12.6 Å². The standard InChI is InChI=1S/C17H37N/c1-9-18-16(11-14(4)10-13(2)3)12-15(5)17(6,7)8/h13-16,18H,9-12H2,1-8H3. The summed E-state index contributed by atoms with van der Waals surface area (Å²) in [6.07, 6.45) is 3.98. The molecule has 0 fully saturated rings. The molecule has 3 atom stereocenters. The number of hydrogen-bond donors (Lipinski definition) is 1. The average molecular weight is 255 g/mol. The van der Waals surface area contributed by atoms with Crippen LogP contribution in [0.3, 0.4) is 0 Å². The Morgan fingerprint density at radius 2 is 1.44 bits per heavy atom. The van der Waals surface area contributed by atoms with E-state index in [4.69, 9.17) is 0 Å². The smallest absolute Gasteiger partial charge is 0.00722 e. The number of rotatable bonds is 8. The van der Waals surface area contributed by atoms with E-state index in [2.05, 4.69) is 60.7 Å². The minimum atomic E-state index is 0.426. The van der Waals surface area contributed by atoms with Gasteiger partial charge in [-0.3, -0.25) is 0 Å². The van der Waals surface area contributed by atoms with Gasteiger partial charge in [0, 0.05) is 6.04 Å². The van der Waals surface area contributed by atoms with Gasteiger partial charge in [-0.05, 0) is 49.0 Å². The van der Waals surface area contributed by atoms with Crippen molar-refractivity contribution in [2.24, 2.45) is 23.2 Å². The molecule has 18 heavy (non-hydrogen) atoms. The van der Waals surface area contributed by atoms with E-state index in [1.165, 1.54) is 19.3 Å². The second-order valence-electron chi connectivity index (χ2n) is 7.73. The van der Waals surface area contributed by atoms with E-state index >= 15 is 0 Å². The van der Waals surface area contributed by atoms with E-state index in [-0.39, 0.29) is 0 Å². The Bertz CT molecular complexity index is 202. The molecule has 0 saturated heterocycles. The van der Waals surface area contributed by atoms with Crippen LogP contribution in [0.5, 0.6) is 0 Å². The molecule has 0 saturated carbocycles. The molecule has 0 aromatic carbocycles. The van der Waals surface area contributed by atoms with Crippen LogP contribution in [0.15, 0.2) is 0 Å². The fraction of sp³-hybridized carbons (Fsp3) is 1.00. The molecule has 1 nitrogen and oxygen atoms in total. The molecular weight excluding hydrogens is 218 g/mol. The van der Waals surface area contributed by atoms with Crippen LogP contribution in [-0.2, 0) is 0 Å². The molecular formula is C17H37N. The van der Waals surface area contributed by atoms with Gasteiger partial charge in [-0.1, -0.05) is 55.4 Å². The highest BCUT2D eigenvalue weighted by Gasteiger charge is 2.24. The first-order valence-electron chi connectivity index (χ1n) is 7.90. The lowest BCUT2D eigenvalue weighted by molar-refractivity contribution is 0.209. The fourth-order valence-electron chi connectivity index (χ4n) is 2.72. The Hall–Kier alpha value is -0.0400. The maximum Gasteiger partial charge on any atom is 0.00722 e. The van der Waals surface area contributed by atoms with Gasteiger partial charge in [0.15, 0.2) is 0 Å². The van der Waals surface area contributed by atoms with Crippen LogP contribution < -0.4 is 5.32 Å². The molecule has 0 rings (SSSR count). The molecule has 3 unspecified atom stereocenters. The van der Waals surface area contributed by atoms with Crippen LogP contribution in [0.25, 0.3) is 0 Å². The summed E-state index contributed by atoms with van der Waals surface area (Å²) >= 11 is 0. The van der Waals surface area contributed by atoms with Gasteiger partial charge in [0.25, 0.3) is 0 Å². The van der Waals surface area contributed by atoms with Gasteiger partial charge >= 0.3 is 0 Å². The Balaban J connectivity index is 4.30. The summed E-state index contributed by atoms with van der Waals surface area (Å²) in [7, 11) is 0. The van der Waals surface area contributed by atoms with E-state index < -0.39 is 0 Å². The van der Waals surface area contributed by atoms with Crippen molar-refractivity contribution >= 4 is 0 Å². The summed E-state index contributed by atoms with van der Waals surface area (Å²) in [6.45, 7) is 19.9. The molecule has 0 radical (unpaired) electrons. The molecule has 0 aromatic heterocycles. The zero-order valence-corrected chi connectivity index (χ0v) is 14.1. The zero-order chi connectivity index (χ0) is 14.3. The lowest BCUT2D eigenvalue weighted by Gasteiger charge is -2.32. The summed E-state index contributed by atoms with van der Waals surface area (Å²) in [5, 5.41) is 3.69. The minimum Gasteiger partial charge on any atom is -0.314 e. The van der Waals surface area contributed by atoms with Crippen LogP contribution in [0.2, 0.25) is 0 Å². The summed E-state index contributed by atoms with van der Waals surface area (Å²) in [5.74, 6) is 2.43. The molecule has 0 heterocycles. The first kappa shape index (κ1) is 18.0. The summed E-state index contributed by atoms with van der Waals surface area (Å²) in [4.78, 5) is 0. The van der Waals surface area contributed by atoms with Gasteiger partial charge in [0.05, 0.1) is 0 Å². The topological polar surface area (TPSA) is 12.0 Å². The first-order chi connectivity index (χ1) is 8.16. The SMILES string of the molecule is CCNC(CC(C)CC(C)C)CC(C)C(C)(C)C. The van der Waals surface area contributed by atoms with Crippen molar-refractivity contribution in [1.82, 2.24) is 5.32 Å². The van der Waals surface area contributed by atoms with Gasteiger partial charge < -0.3 is 5.32 Å². The average Bonchev–Trinajstić information content (AvgIpc) is 2.14. The van der Waals surface area contributed by atoms with Crippen LogP contribution in [0.1, 0.15) is 74.7 Å². The van der Waals surface area contributed by atoms with Crippen molar-refractivity contribution in [3.63, 3.8) is 0 Å². The molecule has 0 amide bonds. The molecule has 0 aliphatic rings. The first-order valence-corrected chi connectivity index (χ1v) is 7.90. The van der Waals surface area contributed by atoms with Crippen LogP contribution in [0, 0.1) is 23.2 Å². The van der Waals surface area contributed by atoms with E-state index in [9.17, 15) is 0 Å². The van der Waals surface area contributed by atoms with Gasteiger partial charge in [0.1, 0.15) is 0 Å². The summed E-state index contributed by atoms with van der Waals surface area (Å²) < 4.78 is 0. The molecule has 0 spiro atoms. The number of hydrogen-bond acceptors (Lipinski definition) is 1. The van der Waals surface area contributed by atoms with Gasteiger partial charge in [-0.2, -0.15) is 0 Å². The summed E-state index contributed by atoms with van der Waals surface area (Å²) in [6, 6.07) is 0.693. The molecule has 0 aliphatic carbocycles. The van der Waals surface area contributed by atoms with Crippen molar-refractivity contribution in [1.29, 1.82) is 0 Å². The van der Waals surface area contributed by atoms with Crippen molar-refractivity contribution in [3.8, 4) is 0 Å². The highest BCUT2D eigenvalue weighted by molar-refractivity contribution is 4.78. The minimum absolute atomic E-state index is 0.426. The van der Waals surface area contributed by atoms with Crippen LogP contribution >= 0.6 is 0 Å². The monoisotopic (exact) mass is 255 g/mol. The predicted molar refractivity (Wildman–Crippen MR) is 83.9 cm³/mol. The zero-order valence-electron chi connectivity index (χ0n) is 14.1. The maximum absolute atomic E-state index is 3.69. The Kier molecular flexibility index (Phi) is 8.18. The third-order valence-corrected chi connectivity index (χ3v) is 4.17. The lowest BCUT2D eigenvalue weighted by Crippen LogP contribution is -2.35. The lowest BCUT2D eigenvalue weighted by atomic mass is 9.77. The Morgan fingerprint density at radius 1 is 0.889 bits per heavy atom. The maximum atomic E-state index is 3.69. The summed E-state index contributed by atoms with van der Waals surface area (Å²) in [5.41, 5.74) is 0.426. The van der Waals surface area contributed by atoms with Crippen molar-refractivity contribution in [2.75, 3.05) is 6.54 Å². The normalized spacial score (nSPS) is 17.8. The van der Waals surface area contributed by atoms with Crippen molar-refractivity contribution < 1.29 is 0 Å². The van der Waals surface area contributed by atoms with E-state index in [0.29, 0.717) is 11.5 Å². The van der Waals surface area contributed by atoms with E-state index in [1.54, 1.807) is 0 Å². The van der Waals surface area contributed by atoms with Crippen LogP contribution in [0.4, 0.5) is 0 Å². The second-order valence-corrected chi connectivity index (χ2v) is 7.73. The number of nitrogens with one attached hydrogen (secondary N) is 1. The van der Waals surface area contributed by atoms with Crippen molar-refractivity contribution in [3.05, 3.63) is 0 Å². The largest absolute Gasteiger partial charge is 0.314 e. The Morgan fingerprint density at radius 3 is 1.83 bits per heavy atom. The molecule has 0 aromatic rings. The van der Waals surface area contributed by atoms with Gasteiger partial charge in [0.2, 0.25) is 0 Å². The molecule has 1 heteroatoms. The van der Waals surface area contributed by atoms with Gasteiger partial charge in [-0.15, -0.1) is 0 Å². The third kappa shape index (κ3) is 8.13. The molecule has 0 bridgehead atoms. The quantitative estimate of drug-likeness (QED) is 0.635. The molecule has 110 valence electrons. The predicted octanol–water partition coefficient (Wildman–Crippen LogP) is 5.11. The van der Waals surface area contributed by atoms with E-state index in [1.807, 2.05) is 0 Å². The van der Waals surface area contributed by atoms with Crippen molar-refractivity contribution in [2.45, 2.75) is 80.7 Å². The molecule has 0 aliphatic heterocycles. The third-order valence-electron chi connectivity index (χ3n) is 4.17. The highest BCUT2D eigenvalue weighted by Crippen LogP contribution is 2.30. The second kappa shape index (κ2) is 8.19. The van der Waals surface area contributed by atoms with E-state index in [0.717, 1.165) is 24.3 Å². The Labute approximate surface area is 116 Å².